The predicted molar refractivity (Wildman–Crippen MR) is 73.7 cm³/mol. The lowest BCUT2D eigenvalue weighted by molar-refractivity contribution is 0.781. The van der Waals surface area contributed by atoms with Crippen LogP contribution in [-0.2, 0) is 13.1 Å². The smallest absolute Gasteiger partial charge is 0.140 e. The van der Waals surface area contributed by atoms with Crippen LogP contribution in [0, 0.1) is 0 Å². The van der Waals surface area contributed by atoms with Gasteiger partial charge in [-0.15, -0.1) is 11.3 Å². The summed E-state index contributed by atoms with van der Waals surface area (Å²) in [5.74, 6) is 0. The Labute approximate surface area is 109 Å². The van der Waals surface area contributed by atoms with Gasteiger partial charge in [-0.3, -0.25) is 0 Å². The van der Waals surface area contributed by atoms with Gasteiger partial charge in [-0.2, -0.15) is 0 Å². The van der Waals surface area contributed by atoms with Crippen LogP contribution in [0.5, 0.6) is 0 Å². The number of pyridine rings is 1. The summed E-state index contributed by atoms with van der Waals surface area (Å²) in [5.41, 5.74) is 5.24. The van der Waals surface area contributed by atoms with Crippen molar-refractivity contribution >= 4 is 22.4 Å². The Balaban J connectivity index is 2.05. The average molecular weight is 258 g/mol. The Morgan fingerprint density at radius 3 is 3.11 bits per heavy atom. The zero-order valence-electron chi connectivity index (χ0n) is 10.1. The minimum Gasteiger partial charge on any atom is -0.326 e. The molecule has 0 bridgehead atoms. The Kier molecular flexibility index (Phi) is 3.08. The predicted octanol–water partition coefficient (Wildman–Crippen LogP) is 2.26. The summed E-state index contributed by atoms with van der Waals surface area (Å²) in [5, 5.41) is 6.48. The van der Waals surface area contributed by atoms with Gasteiger partial charge in [-0.25, -0.2) is 9.97 Å². The lowest BCUT2D eigenvalue weighted by Gasteiger charge is -2.00. The van der Waals surface area contributed by atoms with Crippen LogP contribution in [0.4, 0.5) is 0 Å². The highest BCUT2D eigenvalue weighted by Crippen LogP contribution is 2.20. The number of aromatic nitrogens is 3. The number of nitrogens with one attached hydrogen (secondary N) is 1. The van der Waals surface area contributed by atoms with E-state index in [2.05, 4.69) is 37.5 Å². The first kappa shape index (κ1) is 11.4. The van der Waals surface area contributed by atoms with Crippen LogP contribution in [0.15, 0.2) is 35.4 Å². The van der Waals surface area contributed by atoms with E-state index >= 15 is 0 Å². The molecular weight excluding hydrogens is 244 g/mol. The van der Waals surface area contributed by atoms with Crippen molar-refractivity contribution in [1.82, 2.24) is 19.9 Å². The van der Waals surface area contributed by atoms with Gasteiger partial charge in [-0.1, -0.05) is 0 Å². The van der Waals surface area contributed by atoms with Crippen molar-refractivity contribution < 1.29 is 0 Å². The monoisotopic (exact) mass is 258 g/mol. The highest BCUT2D eigenvalue weighted by Gasteiger charge is 2.09. The molecule has 1 N–H and O–H groups in total. The Morgan fingerprint density at radius 1 is 1.39 bits per heavy atom. The maximum Gasteiger partial charge on any atom is 0.140 e. The quantitative estimate of drug-likeness (QED) is 0.780. The molecule has 0 aliphatic rings. The van der Waals surface area contributed by atoms with Gasteiger partial charge in [-0.05, 0) is 24.7 Å². The molecule has 3 aromatic heterocycles. The molecule has 0 saturated carbocycles. The molecule has 3 aromatic rings. The van der Waals surface area contributed by atoms with E-state index < -0.39 is 0 Å². The van der Waals surface area contributed by atoms with Crippen LogP contribution >= 0.6 is 11.3 Å². The lowest BCUT2D eigenvalue weighted by atomic mass is 10.2. The summed E-state index contributed by atoms with van der Waals surface area (Å²) < 4.78 is 2.16. The molecule has 4 nitrogen and oxygen atoms in total. The van der Waals surface area contributed by atoms with Crippen molar-refractivity contribution in [3.63, 3.8) is 0 Å². The number of fused-ring (bicyclic) bond motifs is 1. The second kappa shape index (κ2) is 4.88. The van der Waals surface area contributed by atoms with E-state index in [1.807, 2.05) is 24.8 Å². The lowest BCUT2D eigenvalue weighted by Crippen LogP contribution is -2.04. The molecule has 0 amide bonds. The zero-order valence-corrected chi connectivity index (χ0v) is 10.9. The second-order valence-corrected chi connectivity index (χ2v) is 4.89. The van der Waals surface area contributed by atoms with Crippen LogP contribution < -0.4 is 5.32 Å². The molecule has 0 aromatic carbocycles. The molecule has 0 unspecified atom stereocenters. The van der Waals surface area contributed by atoms with Crippen molar-refractivity contribution in [1.29, 1.82) is 0 Å². The summed E-state index contributed by atoms with van der Waals surface area (Å²) in [6.07, 6.45) is 4.00. The molecular formula is C13H14N4S. The largest absolute Gasteiger partial charge is 0.326 e. The molecule has 3 rings (SSSR count). The van der Waals surface area contributed by atoms with Gasteiger partial charge < -0.3 is 9.88 Å². The number of rotatable bonds is 4. The molecule has 0 spiro atoms. The van der Waals surface area contributed by atoms with Crippen LogP contribution in [0.1, 0.15) is 11.3 Å². The van der Waals surface area contributed by atoms with E-state index in [0.717, 1.165) is 24.4 Å². The number of thiazole rings is 1. The maximum absolute atomic E-state index is 4.48. The van der Waals surface area contributed by atoms with E-state index in [4.69, 9.17) is 0 Å². The van der Waals surface area contributed by atoms with E-state index in [1.165, 1.54) is 10.9 Å². The fraction of sp³-hybridized carbons (Fsp3) is 0.231. The Morgan fingerprint density at radius 2 is 2.33 bits per heavy atom. The Bertz CT molecular complexity index is 642. The van der Waals surface area contributed by atoms with Crippen LogP contribution in [0.25, 0.3) is 11.0 Å². The van der Waals surface area contributed by atoms with Crippen molar-refractivity contribution in [2.75, 3.05) is 7.05 Å². The minimum absolute atomic E-state index is 0.778. The first-order chi connectivity index (χ1) is 8.88. The highest BCUT2D eigenvalue weighted by molar-refractivity contribution is 7.07. The summed E-state index contributed by atoms with van der Waals surface area (Å²) in [6.45, 7) is 1.63. The number of hydrogen-bond donors (Lipinski definition) is 1. The van der Waals surface area contributed by atoms with Crippen molar-refractivity contribution in [2.45, 2.75) is 13.1 Å². The van der Waals surface area contributed by atoms with Gasteiger partial charge in [0, 0.05) is 29.7 Å². The van der Waals surface area contributed by atoms with E-state index in [1.54, 1.807) is 11.3 Å². The molecule has 0 aliphatic carbocycles. The van der Waals surface area contributed by atoms with Crippen LogP contribution in [0.2, 0.25) is 0 Å². The summed E-state index contributed by atoms with van der Waals surface area (Å²) in [4.78, 5) is 8.80. The molecule has 0 fully saturated rings. The molecule has 0 aliphatic heterocycles. The summed E-state index contributed by atoms with van der Waals surface area (Å²) >= 11 is 1.62. The molecule has 92 valence electrons. The standard InChI is InChI=1S/C13H14N4S/c1-14-5-10-6-17(7-11-8-18-9-16-11)13-12(10)3-2-4-15-13/h2-4,6,8-9,14H,5,7H2,1H3. The van der Waals surface area contributed by atoms with Gasteiger partial charge in [0.25, 0.3) is 0 Å². The third kappa shape index (κ3) is 2.02. The fourth-order valence-corrected chi connectivity index (χ4v) is 2.69. The molecule has 0 atom stereocenters. The third-order valence-corrected chi connectivity index (χ3v) is 3.53. The number of hydrogen-bond acceptors (Lipinski definition) is 4. The van der Waals surface area contributed by atoms with Crippen molar-refractivity contribution in [2.24, 2.45) is 0 Å². The van der Waals surface area contributed by atoms with E-state index in [9.17, 15) is 0 Å². The Hall–Kier alpha value is -1.72. The zero-order chi connectivity index (χ0) is 12.4. The van der Waals surface area contributed by atoms with Crippen LogP contribution in [0.3, 0.4) is 0 Å². The normalized spacial score (nSPS) is 11.2. The van der Waals surface area contributed by atoms with Gasteiger partial charge in [0.1, 0.15) is 5.65 Å². The third-order valence-electron chi connectivity index (χ3n) is 2.90. The topological polar surface area (TPSA) is 42.7 Å². The van der Waals surface area contributed by atoms with Gasteiger partial charge >= 0.3 is 0 Å². The first-order valence-electron chi connectivity index (χ1n) is 5.83. The van der Waals surface area contributed by atoms with Crippen molar-refractivity contribution in [3.8, 4) is 0 Å². The first-order valence-corrected chi connectivity index (χ1v) is 6.77. The van der Waals surface area contributed by atoms with Gasteiger partial charge in [0.15, 0.2) is 0 Å². The summed E-state index contributed by atoms with van der Waals surface area (Å²) in [6, 6.07) is 4.10. The van der Waals surface area contributed by atoms with Gasteiger partial charge in [0.05, 0.1) is 17.7 Å². The van der Waals surface area contributed by atoms with Crippen molar-refractivity contribution in [3.05, 3.63) is 46.7 Å². The fourth-order valence-electron chi connectivity index (χ4n) is 2.14. The highest BCUT2D eigenvalue weighted by atomic mass is 32.1. The molecule has 0 saturated heterocycles. The molecule has 18 heavy (non-hydrogen) atoms. The molecule has 5 heteroatoms. The SMILES string of the molecule is CNCc1cn(Cc2cscn2)c2ncccc12. The van der Waals surface area contributed by atoms with E-state index in [-0.39, 0.29) is 0 Å². The minimum atomic E-state index is 0.778. The number of nitrogens with zero attached hydrogens (tertiary/aromatic N) is 3. The van der Waals surface area contributed by atoms with Crippen LogP contribution in [-0.4, -0.2) is 21.6 Å². The van der Waals surface area contributed by atoms with Gasteiger partial charge in [0.2, 0.25) is 0 Å². The molecule has 3 heterocycles. The second-order valence-electron chi connectivity index (χ2n) is 4.17. The summed E-state index contributed by atoms with van der Waals surface area (Å²) in [7, 11) is 1.96. The van der Waals surface area contributed by atoms with E-state index in [0.29, 0.717) is 0 Å². The average Bonchev–Trinajstić information content (AvgIpc) is 3.00. The molecule has 0 radical (unpaired) electrons. The maximum atomic E-state index is 4.48.